The van der Waals surface area contributed by atoms with E-state index in [4.69, 9.17) is 0 Å². The zero-order valence-electron chi connectivity index (χ0n) is 20.3. The molecule has 0 atom stereocenters. The van der Waals surface area contributed by atoms with Gasteiger partial charge in [0, 0.05) is 0 Å². The summed E-state index contributed by atoms with van der Waals surface area (Å²) in [6.45, 7) is 22.2. The summed E-state index contributed by atoms with van der Waals surface area (Å²) < 4.78 is 0. The number of rotatable bonds is 6. The minimum Gasteiger partial charge on any atom is -0.0988 e. The molecule has 166 valence electrons. The van der Waals surface area contributed by atoms with Crippen molar-refractivity contribution in [3.8, 4) is 22.3 Å². The fourth-order valence-electron chi connectivity index (χ4n) is 2.72. The Bertz CT molecular complexity index is 897. The summed E-state index contributed by atoms with van der Waals surface area (Å²) in [6.07, 6.45) is 5.62. The highest BCUT2D eigenvalue weighted by Gasteiger charge is 2.01. The fraction of sp³-hybridized carbons (Fsp3) is 0.188. The van der Waals surface area contributed by atoms with E-state index in [-0.39, 0.29) is 0 Å². The molecule has 0 nitrogen and oxygen atoms in total. The average molecular weight is 423 g/mol. The van der Waals surface area contributed by atoms with E-state index in [9.17, 15) is 0 Å². The van der Waals surface area contributed by atoms with E-state index in [1.165, 1.54) is 33.4 Å². The van der Waals surface area contributed by atoms with Gasteiger partial charge in [-0.15, -0.1) is 0 Å². The molecule has 0 fully saturated rings. The minimum atomic E-state index is 1.02. The van der Waals surface area contributed by atoms with Gasteiger partial charge in [0.25, 0.3) is 0 Å². The van der Waals surface area contributed by atoms with Crippen LogP contribution in [-0.4, -0.2) is 0 Å². The highest BCUT2D eigenvalue weighted by molar-refractivity contribution is 5.70. The van der Waals surface area contributed by atoms with Gasteiger partial charge in [0.05, 0.1) is 0 Å². The van der Waals surface area contributed by atoms with Gasteiger partial charge < -0.3 is 0 Å². The summed E-state index contributed by atoms with van der Waals surface area (Å²) in [6, 6.07) is 26.6. The molecule has 0 spiro atoms. The van der Waals surface area contributed by atoms with Gasteiger partial charge in [-0.25, -0.2) is 0 Å². The molecule has 0 heteroatoms. The number of allylic oxidation sites excluding steroid dienone is 4. The monoisotopic (exact) mass is 422 g/mol. The lowest BCUT2D eigenvalue weighted by Gasteiger charge is -2.06. The fourth-order valence-corrected chi connectivity index (χ4v) is 2.72. The third-order valence-electron chi connectivity index (χ3n) is 4.97. The molecule has 0 saturated carbocycles. The summed E-state index contributed by atoms with van der Waals surface area (Å²) in [5.41, 5.74) is 9.92. The Hall–Kier alpha value is -3.38. The van der Waals surface area contributed by atoms with Crippen LogP contribution >= 0.6 is 0 Å². The topological polar surface area (TPSA) is 0 Å². The van der Waals surface area contributed by atoms with Crippen LogP contribution in [0.4, 0.5) is 0 Å². The zero-order chi connectivity index (χ0) is 23.9. The lowest BCUT2D eigenvalue weighted by Crippen LogP contribution is -1.83. The maximum atomic E-state index is 3.56. The number of aryl methyl sites for hydroxylation is 2. The lowest BCUT2D eigenvalue weighted by atomic mass is 9.98. The van der Waals surface area contributed by atoms with Gasteiger partial charge in [-0.05, 0) is 60.1 Å². The van der Waals surface area contributed by atoms with Crippen molar-refractivity contribution >= 4 is 0 Å². The van der Waals surface area contributed by atoms with Crippen molar-refractivity contribution in [2.75, 3.05) is 0 Å². The summed E-state index contributed by atoms with van der Waals surface area (Å²) in [4.78, 5) is 0. The van der Waals surface area contributed by atoms with Crippen molar-refractivity contribution in [1.29, 1.82) is 0 Å². The predicted molar refractivity (Wildman–Crippen MR) is 146 cm³/mol. The third-order valence-corrected chi connectivity index (χ3v) is 4.97. The van der Waals surface area contributed by atoms with Crippen LogP contribution in [0.1, 0.15) is 38.8 Å². The molecule has 0 aliphatic carbocycles. The van der Waals surface area contributed by atoms with E-state index in [0.29, 0.717) is 0 Å². The Morgan fingerprint density at radius 3 is 0.875 bits per heavy atom. The Morgan fingerprint density at radius 1 is 0.531 bits per heavy atom. The van der Waals surface area contributed by atoms with Crippen molar-refractivity contribution in [3.63, 3.8) is 0 Å². The van der Waals surface area contributed by atoms with Gasteiger partial charge in [-0.1, -0.05) is 136 Å². The normalized spacial score (nSPS) is 9.38. The maximum absolute atomic E-state index is 3.56. The van der Waals surface area contributed by atoms with Crippen LogP contribution in [0.3, 0.4) is 0 Å². The van der Waals surface area contributed by atoms with Crippen LogP contribution in [0.25, 0.3) is 22.3 Å². The third kappa shape index (κ3) is 9.62. The molecular weight excluding hydrogens is 384 g/mol. The maximum Gasteiger partial charge on any atom is -0.0184 e. The molecule has 0 amide bonds. The molecule has 32 heavy (non-hydrogen) atoms. The van der Waals surface area contributed by atoms with Crippen molar-refractivity contribution in [2.24, 2.45) is 0 Å². The van der Waals surface area contributed by atoms with E-state index >= 15 is 0 Å². The molecule has 0 unspecified atom stereocenters. The molecule has 0 aromatic heterocycles. The van der Waals surface area contributed by atoms with Gasteiger partial charge in [0.1, 0.15) is 0 Å². The number of benzene rings is 3. The van der Waals surface area contributed by atoms with E-state index in [2.05, 4.69) is 113 Å². The molecule has 0 radical (unpaired) electrons. The van der Waals surface area contributed by atoms with Crippen LogP contribution in [0.15, 0.2) is 122 Å². The second-order valence-corrected chi connectivity index (χ2v) is 7.78. The van der Waals surface area contributed by atoms with Gasteiger partial charge in [0.2, 0.25) is 0 Å². The molecule has 3 rings (SSSR count). The molecule has 3 aromatic carbocycles. The van der Waals surface area contributed by atoms with Crippen molar-refractivity contribution in [1.82, 2.24) is 0 Å². The molecule has 0 aliphatic heterocycles. The first-order chi connectivity index (χ1) is 15.3. The van der Waals surface area contributed by atoms with Crippen LogP contribution in [0, 0.1) is 0 Å². The van der Waals surface area contributed by atoms with Crippen molar-refractivity contribution in [2.45, 2.75) is 40.5 Å². The van der Waals surface area contributed by atoms with E-state index in [0.717, 1.165) is 24.0 Å². The molecule has 0 saturated heterocycles. The quantitative estimate of drug-likeness (QED) is 0.347. The summed E-state index contributed by atoms with van der Waals surface area (Å²) in [5, 5.41) is 0. The minimum absolute atomic E-state index is 1.02. The first kappa shape index (κ1) is 26.7. The standard InChI is InChI=1S/C22H22.2C5H8/c1-3-17-5-9-19(10-6-17)21-13-15-22(16-14-21)20-11-7-18(4-2)8-12-20;2*1-4-5(2)3/h5-16H,3-4H2,1-2H3;2*4H,1-2H2,3H3. The van der Waals surface area contributed by atoms with Crippen molar-refractivity contribution in [3.05, 3.63) is 134 Å². The molecule has 0 bridgehead atoms. The second kappa shape index (κ2) is 14.6. The Labute approximate surface area is 196 Å². The Kier molecular flexibility index (Phi) is 12.2. The van der Waals surface area contributed by atoms with E-state index in [1.54, 1.807) is 12.2 Å². The smallest absolute Gasteiger partial charge is 0.0184 e. The summed E-state index contributed by atoms with van der Waals surface area (Å²) in [7, 11) is 0. The molecular formula is C32H38. The van der Waals surface area contributed by atoms with E-state index < -0.39 is 0 Å². The van der Waals surface area contributed by atoms with Gasteiger partial charge in [-0.2, -0.15) is 0 Å². The first-order valence-corrected chi connectivity index (χ1v) is 11.2. The zero-order valence-corrected chi connectivity index (χ0v) is 20.3. The largest absolute Gasteiger partial charge is 0.0988 e. The van der Waals surface area contributed by atoms with Crippen LogP contribution in [0.5, 0.6) is 0 Å². The molecule has 3 aromatic rings. The second-order valence-electron chi connectivity index (χ2n) is 7.78. The highest BCUT2D eigenvalue weighted by Crippen LogP contribution is 2.25. The predicted octanol–water partition coefficient (Wildman–Crippen LogP) is 9.64. The lowest BCUT2D eigenvalue weighted by molar-refractivity contribution is 1.14. The average Bonchev–Trinajstić information content (AvgIpc) is 2.85. The highest BCUT2D eigenvalue weighted by atomic mass is 14.1. The van der Waals surface area contributed by atoms with Gasteiger partial charge in [-0.3, -0.25) is 0 Å². The SMILES string of the molecule is C=CC(=C)C.C=CC(=C)C.CCc1ccc(-c2ccc(-c3ccc(CC)cc3)cc2)cc1. The van der Waals surface area contributed by atoms with Gasteiger partial charge in [0.15, 0.2) is 0 Å². The first-order valence-electron chi connectivity index (χ1n) is 11.2. The van der Waals surface area contributed by atoms with Crippen LogP contribution in [0.2, 0.25) is 0 Å². The molecule has 0 N–H and O–H groups in total. The van der Waals surface area contributed by atoms with Gasteiger partial charge >= 0.3 is 0 Å². The van der Waals surface area contributed by atoms with Crippen molar-refractivity contribution < 1.29 is 0 Å². The molecule has 0 aliphatic rings. The van der Waals surface area contributed by atoms with Crippen LogP contribution in [-0.2, 0) is 12.8 Å². The number of hydrogen-bond acceptors (Lipinski definition) is 0. The van der Waals surface area contributed by atoms with E-state index in [1.807, 2.05) is 13.8 Å². The Morgan fingerprint density at radius 2 is 0.719 bits per heavy atom. The molecule has 0 heterocycles. The number of hydrogen-bond donors (Lipinski definition) is 0. The summed E-state index contributed by atoms with van der Waals surface area (Å²) >= 11 is 0. The Balaban J connectivity index is 0.000000431. The van der Waals surface area contributed by atoms with Crippen LogP contribution < -0.4 is 0 Å². The summed E-state index contributed by atoms with van der Waals surface area (Å²) in [5.74, 6) is 0.